The van der Waals surface area contributed by atoms with E-state index in [9.17, 15) is 4.79 Å². The van der Waals surface area contributed by atoms with E-state index < -0.39 is 5.60 Å². The Hall–Kier alpha value is -3.10. The highest BCUT2D eigenvalue weighted by atomic mass is 35.5. The van der Waals surface area contributed by atoms with E-state index in [-0.39, 0.29) is 12.0 Å². The van der Waals surface area contributed by atoms with Crippen molar-refractivity contribution >= 4 is 40.1 Å². The van der Waals surface area contributed by atoms with Crippen LogP contribution in [0.5, 0.6) is 5.75 Å². The molecule has 1 amide bonds. The second kappa shape index (κ2) is 11.3. The maximum absolute atomic E-state index is 12.7. The van der Waals surface area contributed by atoms with Crippen molar-refractivity contribution in [1.29, 1.82) is 0 Å². The molecule has 2 aromatic carbocycles. The van der Waals surface area contributed by atoms with E-state index in [4.69, 9.17) is 25.8 Å². The number of ether oxygens (including phenoxy) is 3. The topological polar surface area (TPSA) is 85.8 Å². The molecule has 3 aromatic rings. The lowest BCUT2D eigenvalue weighted by Crippen LogP contribution is -2.42. The number of fused-ring (bicyclic) bond motifs is 1. The summed E-state index contributed by atoms with van der Waals surface area (Å²) in [4.78, 5) is 23.5. The average molecular weight is 539 g/mol. The smallest absolute Gasteiger partial charge is 0.410 e. The van der Waals surface area contributed by atoms with Crippen molar-refractivity contribution in [1.82, 2.24) is 14.9 Å². The zero-order valence-electron chi connectivity index (χ0n) is 22.2. The van der Waals surface area contributed by atoms with Crippen LogP contribution in [0.25, 0.3) is 10.9 Å². The quantitative estimate of drug-likeness (QED) is 0.380. The van der Waals surface area contributed by atoms with Gasteiger partial charge in [-0.05, 0) is 75.9 Å². The molecule has 5 rings (SSSR count). The van der Waals surface area contributed by atoms with Gasteiger partial charge < -0.3 is 24.4 Å². The van der Waals surface area contributed by atoms with E-state index in [1.54, 1.807) is 6.33 Å². The number of benzene rings is 2. The van der Waals surface area contributed by atoms with Gasteiger partial charge in [-0.1, -0.05) is 17.7 Å². The highest BCUT2D eigenvalue weighted by molar-refractivity contribution is 6.32. The molecule has 0 bridgehead atoms. The summed E-state index contributed by atoms with van der Waals surface area (Å²) in [5.41, 5.74) is 2.30. The van der Waals surface area contributed by atoms with E-state index in [2.05, 4.69) is 27.4 Å². The van der Waals surface area contributed by atoms with Crippen molar-refractivity contribution in [3.05, 3.63) is 53.3 Å². The van der Waals surface area contributed by atoms with Gasteiger partial charge in [0, 0.05) is 42.6 Å². The molecule has 2 fully saturated rings. The van der Waals surface area contributed by atoms with E-state index >= 15 is 0 Å². The molecule has 2 saturated heterocycles. The first-order chi connectivity index (χ1) is 18.2. The second-order valence-electron chi connectivity index (χ2n) is 11.1. The standard InChI is InChI=1S/C29H35ClN4O4/c1-29(2,3)38-28(35)34-11-4-5-21(15-34)20-6-8-25-23(13-20)27(32-18-31-25)33-22-7-9-26(24(30)14-22)37-17-19-10-12-36-16-19/h6-9,13-14,18-19,21H,4-5,10-12,15-17H2,1-3H3,(H,31,32,33). The predicted octanol–water partition coefficient (Wildman–Crippen LogP) is 6.56. The SMILES string of the molecule is CC(C)(C)OC(=O)N1CCCC(c2ccc3ncnc(Nc4ccc(OCC5CCOC5)c(Cl)c4)c3c2)C1. The summed E-state index contributed by atoms with van der Waals surface area (Å²) >= 11 is 6.53. The molecule has 0 radical (unpaired) electrons. The molecule has 8 nitrogen and oxygen atoms in total. The third-order valence-corrected chi connectivity index (χ3v) is 7.19. The molecule has 2 atom stereocenters. The van der Waals surface area contributed by atoms with Crippen LogP contribution in [0.15, 0.2) is 42.7 Å². The number of rotatable bonds is 6. The molecule has 2 aliphatic heterocycles. The van der Waals surface area contributed by atoms with Crippen molar-refractivity contribution in [2.45, 2.75) is 51.6 Å². The Labute approximate surface area is 228 Å². The summed E-state index contributed by atoms with van der Waals surface area (Å²) in [5, 5.41) is 4.85. The zero-order valence-corrected chi connectivity index (χ0v) is 23.0. The fourth-order valence-corrected chi connectivity index (χ4v) is 5.16. The van der Waals surface area contributed by atoms with Gasteiger partial charge in [0.25, 0.3) is 0 Å². The maximum Gasteiger partial charge on any atom is 0.410 e. The molecule has 0 spiro atoms. The van der Waals surface area contributed by atoms with Crippen LogP contribution < -0.4 is 10.1 Å². The molecule has 38 heavy (non-hydrogen) atoms. The monoisotopic (exact) mass is 538 g/mol. The predicted molar refractivity (Wildman–Crippen MR) is 148 cm³/mol. The fourth-order valence-electron chi connectivity index (χ4n) is 4.92. The van der Waals surface area contributed by atoms with Gasteiger partial charge >= 0.3 is 6.09 Å². The van der Waals surface area contributed by atoms with Gasteiger partial charge in [-0.2, -0.15) is 0 Å². The number of amides is 1. The molecule has 2 unspecified atom stereocenters. The first-order valence-electron chi connectivity index (χ1n) is 13.2. The van der Waals surface area contributed by atoms with Gasteiger partial charge in [-0.15, -0.1) is 0 Å². The van der Waals surface area contributed by atoms with Gasteiger partial charge in [0.2, 0.25) is 0 Å². The van der Waals surface area contributed by atoms with Crippen molar-refractivity contribution in [3.63, 3.8) is 0 Å². The maximum atomic E-state index is 12.7. The summed E-state index contributed by atoms with van der Waals surface area (Å²) < 4.78 is 17.0. The largest absolute Gasteiger partial charge is 0.492 e. The van der Waals surface area contributed by atoms with Crippen LogP contribution in [0.1, 0.15) is 51.5 Å². The molecule has 9 heteroatoms. The second-order valence-corrected chi connectivity index (χ2v) is 11.5. The Morgan fingerprint density at radius 2 is 2.05 bits per heavy atom. The molecule has 1 N–H and O–H groups in total. The molecule has 1 aromatic heterocycles. The number of hydrogen-bond donors (Lipinski definition) is 1. The van der Waals surface area contributed by atoms with Crippen molar-refractivity contribution < 1.29 is 19.0 Å². The molecule has 3 heterocycles. The third-order valence-electron chi connectivity index (χ3n) is 6.90. The fraction of sp³-hybridized carbons (Fsp3) is 0.483. The third kappa shape index (κ3) is 6.48. The summed E-state index contributed by atoms with van der Waals surface area (Å²) in [6.45, 7) is 9.14. The molecule has 202 valence electrons. The minimum atomic E-state index is -0.511. The Morgan fingerprint density at radius 3 is 2.82 bits per heavy atom. The van der Waals surface area contributed by atoms with Crippen LogP contribution in [0.4, 0.5) is 16.3 Å². The minimum Gasteiger partial charge on any atom is -0.492 e. The summed E-state index contributed by atoms with van der Waals surface area (Å²) in [7, 11) is 0. The van der Waals surface area contributed by atoms with Gasteiger partial charge in [0.1, 0.15) is 23.5 Å². The highest BCUT2D eigenvalue weighted by Crippen LogP contribution is 2.34. The molecule has 0 aliphatic carbocycles. The van der Waals surface area contributed by atoms with Crippen LogP contribution in [-0.4, -0.2) is 59.5 Å². The summed E-state index contributed by atoms with van der Waals surface area (Å²) in [6.07, 6.45) is 4.25. The lowest BCUT2D eigenvalue weighted by atomic mass is 9.90. The number of likely N-dealkylation sites (tertiary alicyclic amines) is 1. The number of nitrogens with zero attached hydrogens (tertiary/aromatic N) is 3. The Kier molecular flexibility index (Phi) is 7.91. The summed E-state index contributed by atoms with van der Waals surface area (Å²) in [5.74, 6) is 1.98. The van der Waals surface area contributed by atoms with Crippen LogP contribution in [0, 0.1) is 5.92 Å². The first-order valence-corrected chi connectivity index (χ1v) is 13.6. The van der Waals surface area contributed by atoms with Crippen LogP contribution in [-0.2, 0) is 9.47 Å². The number of halogens is 1. The van der Waals surface area contributed by atoms with E-state index in [0.717, 1.165) is 54.6 Å². The number of carbonyl (C=O) groups excluding carboxylic acids is 1. The van der Waals surface area contributed by atoms with Gasteiger partial charge in [0.15, 0.2) is 0 Å². The van der Waals surface area contributed by atoms with Crippen molar-refractivity contribution in [3.8, 4) is 5.75 Å². The van der Waals surface area contributed by atoms with E-state index in [1.165, 1.54) is 0 Å². The van der Waals surface area contributed by atoms with Gasteiger partial charge in [-0.25, -0.2) is 14.8 Å². The molecular weight excluding hydrogens is 504 g/mol. The van der Waals surface area contributed by atoms with Crippen molar-refractivity contribution in [2.24, 2.45) is 5.92 Å². The lowest BCUT2D eigenvalue weighted by molar-refractivity contribution is 0.0198. The Morgan fingerprint density at radius 1 is 1.18 bits per heavy atom. The normalized spacial score (nSPS) is 19.9. The van der Waals surface area contributed by atoms with Crippen molar-refractivity contribution in [2.75, 3.05) is 38.2 Å². The lowest BCUT2D eigenvalue weighted by Gasteiger charge is -2.34. The van der Waals surface area contributed by atoms with Crippen LogP contribution >= 0.6 is 11.6 Å². The number of hydrogen-bond acceptors (Lipinski definition) is 7. The van der Waals surface area contributed by atoms with Gasteiger partial charge in [-0.3, -0.25) is 0 Å². The highest BCUT2D eigenvalue weighted by Gasteiger charge is 2.28. The average Bonchev–Trinajstić information content (AvgIpc) is 3.41. The van der Waals surface area contributed by atoms with E-state index in [1.807, 2.05) is 49.9 Å². The number of aromatic nitrogens is 2. The van der Waals surface area contributed by atoms with E-state index in [0.29, 0.717) is 42.2 Å². The van der Waals surface area contributed by atoms with Crippen LogP contribution in [0.2, 0.25) is 5.02 Å². The Bertz CT molecular complexity index is 1290. The number of anilines is 2. The minimum absolute atomic E-state index is 0.213. The van der Waals surface area contributed by atoms with Gasteiger partial charge in [0.05, 0.1) is 23.8 Å². The van der Waals surface area contributed by atoms with Crippen LogP contribution in [0.3, 0.4) is 0 Å². The molecule has 2 aliphatic rings. The number of nitrogens with one attached hydrogen (secondary N) is 1. The number of piperidine rings is 1. The molecular formula is C29H35ClN4O4. The summed E-state index contributed by atoms with van der Waals surface area (Å²) in [6, 6.07) is 11.9. The number of carbonyl (C=O) groups is 1. The molecule has 0 saturated carbocycles. The zero-order chi connectivity index (χ0) is 26.7. The Balaban J connectivity index is 1.31. The first kappa shape index (κ1) is 26.5.